The number of rotatable bonds is 7. The van der Waals surface area contributed by atoms with Gasteiger partial charge in [0.1, 0.15) is 11.6 Å². The van der Waals surface area contributed by atoms with Crippen molar-refractivity contribution in [3.05, 3.63) is 58.8 Å². The molecule has 1 aromatic carbocycles. The number of primary amides is 1. The van der Waals surface area contributed by atoms with Gasteiger partial charge in [-0.15, -0.1) is 0 Å². The lowest BCUT2D eigenvalue weighted by molar-refractivity contribution is -0.118. The lowest BCUT2D eigenvalue weighted by Crippen LogP contribution is -2.23. The Bertz CT molecular complexity index is 1400. The van der Waals surface area contributed by atoms with Gasteiger partial charge in [0, 0.05) is 37.0 Å². The number of H-pyrrole nitrogens is 1. The standard InChI is InChI=1S/C23H24N8O3/c1-13-10-26-22(30-21(13)27-15-2-4-18-17(9-15)29-23(33)34-18)28-16-3-5-20(25-11-16)31-7-6-14(12-31)8-19(24)32/h2-5,9-11,14H,6-8,12H2,1H3,(H2,24,32)(H,29,33)(H2,26,27,28,30). The quantitative estimate of drug-likeness (QED) is 0.326. The molecule has 174 valence electrons. The number of fused-ring (bicyclic) bond motifs is 1. The predicted octanol–water partition coefficient (Wildman–Crippen LogP) is 2.80. The zero-order valence-corrected chi connectivity index (χ0v) is 18.5. The van der Waals surface area contributed by atoms with Gasteiger partial charge in [0.25, 0.3) is 0 Å². The SMILES string of the molecule is Cc1cnc(Nc2ccc(N3CCC(CC(N)=O)C3)nc2)nc1Nc1ccc2oc(=O)[nH]c2c1. The fourth-order valence-electron chi connectivity index (χ4n) is 4.06. The molecule has 1 atom stereocenters. The molecular weight excluding hydrogens is 436 g/mol. The van der Waals surface area contributed by atoms with E-state index in [2.05, 4.69) is 35.5 Å². The Morgan fingerprint density at radius 3 is 2.85 bits per heavy atom. The lowest BCUT2D eigenvalue weighted by Gasteiger charge is -2.17. The maximum atomic E-state index is 11.4. The van der Waals surface area contributed by atoms with Crippen molar-refractivity contribution in [2.45, 2.75) is 19.8 Å². The van der Waals surface area contributed by atoms with Crippen molar-refractivity contribution >= 4 is 46.0 Å². The van der Waals surface area contributed by atoms with Gasteiger partial charge in [0.05, 0.1) is 17.4 Å². The van der Waals surface area contributed by atoms with Crippen LogP contribution in [0.2, 0.25) is 0 Å². The summed E-state index contributed by atoms with van der Waals surface area (Å²) >= 11 is 0. The molecule has 11 heteroatoms. The van der Waals surface area contributed by atoms with Crippen molar-refractivity contribution < 1.29 is 9.21 Å². The number of benzene rings is 1. The van der Waals surface area contributed by atoms with Gasteiger partial charge in [-0.2, -0.15) is 4.98 Å². The molecule has 0 bridgehead atoms. The third kappa shape index (κ3) is 4.68. The number of hydrogen-bond acceptors (Lipinski definition) is 9. The number of aryl methyl sites for hydroxylation is 1. The summed E-state index contributed by atoms with van der Waals surface area (Å²) in [5.74, 6) is 1.43. The molecule has 1 amide bonds. The van der Waals surface area contributed by atoms with E-state index in [1.54, 1.807) is 24.5 Å². The number of nitrogens with one attached hydrogen (secondary N) is 3. The van der Waals surface area contributed by atoms with Crippen LogP contribution in [0.5, 0.6) is 0 Å². The van der Waals surface area contributed by atoms with Crippen molar-refractivity contribution in [1.29, 1.82) is 0 Å². The number of carbonyl (C=O) groups excluding carboxylic acids is 1. The van der Waals surface area contributed by atoms with Gasteiger partial charge in [0.2, 0.25) is 11.9 Å². The van der Waals surface area contributed by atoms with Gasteiger partial charge >= 0.3 is 5.76 Å². The van der Waals surface area contributed by atoms with E-state index in [1.165, 1.54) is 0 Å². The number of oxazole rings is 1. The Kier molecular flexibility index (Phi) is 5.58. The van der Waals surface area contributed by atoms with Crippen LogP contribution in [0.1, 0.15) is 18.4 Å². The molecule has 1 saturated heterocycles. The van der Waals surface area contributed by atoms with Crippen molar-refractivity contribution in [2.24, 2.45) is 11.7 Å². The van der Waals surface area contributed by atoms with Crippen LogP contribution >= 0.6 is 0 Å². The maximum Gasteiger partial charge on any atom is 0.417 e. The highest BCUT2D eigenvalue weighted by atomic mass is 16.4. The number of nitrogens with two attached hydrogens (primary N) is 1. The Morgan fingerprint density at radius 2 is 2.06 bits per heavy atom. The number of carbonyl (C=O) groups is 1. The summed E-state index contributed by atoms with van der Waals surface area (Å²) in [6.45, 7) is 3.53. The van der Waals surface area contributed by atoms with E-state index in [9.17, 15) is 9.59 Å². The zero-order valence-electron chi connectivity index (χ0n) is 18.5. The predicted molar refractivity (Wildman–Crippen MR) is 129 cm³/mol. The second kappa shape index (κ2) is 8.85. The van der Waals surface area contributed by atoms with Gasteiger partial charge in [-0.3, -0.25) is 9.78 Å². The van der Waals surface area contributed by atoms with Crippen LogP contribution < -0.4 is 27.0 Å². The molecule has 0 saturated carbocycles. The molecule has 5 rings (SSSR count). The fourth-order valence-corrected chi connectivity index (χ4v) is 4.06. The molecule has 3 aromatic heterocycles. The highest BCUT2D eigenvalue weighted by Crippen LogP contribution is 2.26. The Hall–Kier alpha value is -4.41. The smallest absolute Gasteiger partial charge is 0.408 e. The van der Waals surface area contributed by atoms with Crippen LogP contribution in [-0.4, -0.2) is 38.9 Å². The number of hydrogen-bond donors (Lipinski definition) is 4. The third-order valence-electron chi connectivity index (χ3n) is 5.76. The minimum absolute atomic E-state index is 0.261. The largest absolute Gasteiger partial charge is 0.417 e. The molecule has 5 N–H and O–H groups in total. The summed E-state index contributed by atoms with van der Waals surface area (Å²) in [4.78, 5) is 40.8. The molecule has 1 unspecified atom stereocenters. The molecule has 1 fully saturated rings. The molecule has 11 nitrogen and oxygen atoms in total. The third-order valence-corrected chi connectivity index (χ3v) is 5.76. The van der Waals surface area contributed by atoms with Crippen molar-refractivity contribution in [1.82, 2.24) is 19.9 Å². The van der Waals surface area contributed by atoms with Gasteiger partial charge in [0.15, 0.2) is 5.58 Å². The molecule has 1 aliphatic heterocycles. The maximum absolute atomic E-state index is 11.4. The topological polar surface area (TPSA) is 155 Å². The minimum Gasteiger partial charge on any atom is -0.408 e. The van der Waals surface area contributed by atoms with Gasteiger partial charge in [-0.1, -0.05) is 0 Å². The minimum atomic E-state index is -0.494. The molecule has 34 heavy (non-hydrogen) atoms. The highest BCUT2D eigenvalue weighted by Gasteiger charge is 2.24. The Morgan fingerprint density at radius 1 is 1.21 bits per heavy atom. The van der Waals surface area contributed by atoms with Crippen LogP contribution in [-0.2, 0) is 4.79 Å². The normalized spacial score (nSPS) is 15.6. The summed E-state index contributed by atoms with van der Waals surface area (Å²) in [5.41, 5.74) is 8.78. The van der Waals surface area contributed by atoms with E-state index in [1.807, 2.05) is 25.1 Å². The number of nitrogens with zero attached hydrogens (tertiary/aromatic N) is 4. The summed E-state index contributed by atoms with van der Waals surface area (Å²) in [5, 5.41) is 6.43. The summed E-state index contributed by atoms with van der Waals surface area (Å²) in [6.07, 6.45) is 4.80. The van der Waals surface area contributed by atoms with Crippen molar-refractivity contribution in [3.63, 3.8) is 0 Å². The van der Waals surface area contributed by atoms with E-state index >= 15 is 0 Å². The van der Waals surface area contributed by atoms with Crippen LogP contribution in [0.15, 0.2) is 51.9 Å². The van der Waals surface area contributed by atoms with E-state index in [0.717, 1.165) is 42.3 Å². The van der Waals surface area contributed by atoms with Gasteiger partial charge in [-0.05, 0) is 49.6 Å². The molecule has 4 aromatic rings. The molecule has 0 radical (unpaired) electrons. The summed E-state index contributed by atoms with van der Waals surface area (Å²) in [7, 11) is 0. The second-order valence-corrected chi connectivity index (χ2v) is 8.38. The number of aromatic amines is 1. The zero-order chi connectivity index (χ0) is 23.7. The first-order chi connectivity index (χ1) is 16.4. The average molecular weight is 460 g/mol. The highest BCUT2D eigenvalue weighted by molar-refractivity contribution is 5.78. The fraction of sp³-hybridized carbons (Fsp3) is 0.261. The number of anilines is 5. The van der Waals surface area contributed by atoms with E-state index in [-0.39, 0.29) is 11.8 Å². The summed E-state index contributed by atoms with van der Waals surface area (Å²) in [6, 6.07) is 9.16. The molecule has 0 spiro atoms. The summed E-state index contributed by atoms with van der Waals surface area (Å²) < 4.78 is 5.04. The number of aromatic nitrogens is 4. The van der Waals surface area contributed by atoms with E-state index in [0.29, 0.717) is 29.3 Å². The number of pyridine rings is 1. The van der Waals surface area contributed by atoms with Crippen LogP contribution in [0.25, 0.3) is 11.1 Å². The molecule has 1 aliphatic rings. The molecular formula is C23H24N8O3. The average Bonchev–Trinajstić information content (AvgIpc) is 3.41. The van der Waals surface area contributed by atoms with Gasteiger partial charge in [-0.25, -0.2) is 14.8 Å². The Balaban J connectivity index is 1.27. The first-order valence-corrected chi connectivity index (χ1v) is 10.9. The first-order valence-electron chi connectivity index (χ1n) is 10.9. The van der Waals surface area contributed by atoms with Crippen molar-refractivity contribution in [3.8, 4) is 0 Å². The van der Waals surface area contributed by atoms with Crippen LogP contribution in [0.4, 0.5) is 29.0 Å². The van der Waals surface area contributed by atoms with Crippen LogP contribution in [0.3, 0.4) is 0 Å². The van der Waals surface area contributed by atoms with E-state index < -0.39 is 5.76 Å². The number of amides is 1. The van der Waals surface area contributed by atoms with Gasteiger partial charge < -0.3 is 25.7 Å². The van der Waals surface area contributed by atoms with Crippen LogP contribution in [0, 0.1) is 12.8 Å². The molecule has 4 heterocycles. The van der Waals surface area contributed by atoms with Crippen molar-refractivity contribution in [2.75, 3.05) is 28.6 Å². The molecule has 0 aliphatic carbocycles. The van der Waals surface area contributed by atoms with E-state index in [4.69, 9.17) is 10.2 Å². The first kappa shape index (κ1) is 21.4. The second-order valence-electron chi connectivity index (χ2n) is 8.38. The monoisotopic (exact) mass is 460 g/mol. The Labute approximate surface area is 194 Å². The lowest BCUT2D eigenvalue weighted by atomic mass is 10.1.